The highest BCUT2D eigenvalue weighted by atomic mass is 16.7. The van der Waals surface area contributed by atoms with Gasteiger partial charge in [-0.2, -0.15) is 0 Å². The molecule has 9 nitrogen and oxygen atoms in total. The summed E-state index contributed by atoms with van der Waals surface area (Å²) in [4.78, 5) is 49.9. The van der Waals surface area contributed by atoms with Crippen molar-refractivity contribution in [2.24, 2.45) is 0 Å². The van der Waals surface area contributed by atoms with Gasteiger partial charge in [-0.25, -0.2) is 14.4 Å². The largest absolute Gasteiger partial charge is 0.454 e. The molecule has 2 atom stereocenters. The molecule has 3 aromatic rings. The maximum atomic E-state index is 12.9. The second-order valence-electron chi connectivity index (χ2n) is 7.77. The first kappa shape index (κ1) is 25.2. The van der Waals surface area contributed by atoms with Crippen molar-refractivity contribution in [2.45, 2.75) is 19.3 Å². The fourth-order valence-corrected chi connectivity index (χ4v) is 3.40. The Kier molecular flexibility index (Phi) is 7.95. The summed E-state index contributed by atoms with van der Waals surface area (Å²) in [5.41, 5.74) is 0.703. The molecule has 1 aliphatic heterocycles. The Morgan fingerprint density at radius 2 is 1.16 bits per heavy atom. The number of carbonyl (C=O) groups excluding carboxylic acids is 4. The molecule has 0 N–H and O–H groups in total. The van der Waals surface area contributed by atoms with Crippen LogP contribution >= 0.6 is 0 Å². The standard InChI is InChI=1S/C28H22O9/c1-18(29)34-28-24(37-27(32)21-15-9-4-10-16-21)23(36-26(31)20-13-7-3-8-14-20)22(35-28)17-33-25(30)19-11-5-2-6-12-19/h2-16,24,28H,17H2,1H3/t24?,28-/m1/s1. The molecular formula is C28H22O9. The maximum Gasteiger partial charge on any atom is 0.343 e. The second kappa shape index (κ2) is 11.7. The van der Waals surface area contributed by atoms with Gasteiger partial charge in [0, 0.05) is 6.92 Å². The zero-order valence-corrected chi connectivity index (χ0v) is 19.7. The molecule has 188 valence electrons. The SMILES string of the molecule is CC(=O)O[C@@H]1OC(COC(=O)c2ccccc2)=C(OC(=O)c2ccccc2)C1OC(=O)c1ccccc1. The van der Waals surface area contributed by atoms with E-state index in [0.717, 1.165) is 6.92 Å². The van der Waals surface area contributed by atoms with Crippen molar-refractivity contribution in [3.63, 3.8) is 0 Å². The van der Waals surface area contributed by atoms with Crippen LogP contribution in [0.2, 0.25) is 0 Å². The molecule has 0 radical (unpaired) electrons. The molecule has 1 heterocycles. The average molecular weight is 502 g/mol. The lowest BCUT2D eigenvalue weighted by atomic mass is 10.2. The molecule has 4 rings (SSSR count). The van der Waals surface area contributed by atoms with Gasteiger partial charge in [-0.05, 0) is 36.4 Å². The molecule has 3 aromatic carbocycles. The van der Waals surface area contributed by atoms with E-state index in [9.17, 15) is 19.2 Å². The third-order valence-corrected chi connectivity index (χ3v) is 5.12. The van der Waals surface area contributed by atoms with Crippen LogP contribution in [-0.2, 0) is 28.5 Å². The van der Waals surface area contributed by atoms with Crippen molar-refractivity contribution in [3.05, 3.63) is 119 Å². The van der Waals surface area contributed by atoms with Gasteiger partial charge in [-0.1, -0.05) is 54.6 Å². The van der Waals surface area contributed by atoms with E-state index in [2.05, 4.69) is 0 Å². The molecule has 0 spiro atoms. The van der Waals surface area contributed by atoms with E-state index in [4.69, 9.17) is 23.7 Å². The minimum atomic E-state index is -1.48. The van der Waals surface area contributed by atoms with Crippen LogP contribution < -0.4 is 0 Å². The Morgan fingerprint density at radius 1 is 0.676 bits per heavy atom. The molecule has 37 heavy (non-hydrogen) atoms. The van der Waals surface area contributed by atoms with Crippen LogP contribution in [0.15, 0.2) is 103 Å². The third-order valence-electron chi connectivity index (χ3n) is 5.12. The van der Waals surface area contributed by atoms with Gasteiger partial charge in [0.15, 0.2) is 18.1 Å². The molecule has 0 amide bonds. The van der Waals surface area contributed by atoms with Gasteiger partial charge in [0.05, 0.1) is 16.7 Å². The Labute approximate surface area is 212 Å². The summed E-state index contributed by atoms with van der Waals surface area (Å²) in [5, 5.41) is 0. The Morgan fingerprint density at radius 3 is 1.68 bits per heavy atom. The number of esters is 4. The minimum absolute atomic E-state index is 0.148. The number of benzene rings is 3. The quantitative estimate of drug-likeness (QED) is 0.332. The molecule has 0 fully saturated rings. The first-order valence-electron chi connectivity index (χ1n) is 11.2. The van der Waals surface area contributed by atoms with E-state index < -0.39 is 42.9 Å². The van der Waals surface area contributed by atoms with E-state index in [-0.39, 0.29) is 28.2 Å². The maximum absolute atomic E-state index is 12.9. The summed E-state index contributed by atoms with van der Waals surface area (Å²) in [5.74, 6) is -3.37. The van der Waals surface area contributed by atoms with Crippen LogP contribution in [0.3, 0.4) is 0 Å². The average Bonchev–Trinajstić information content (AvgIpc) is 3.23. The highest BCUT2D eigenvalue weighted by molar-refractivity contribution is 5.91. The fourth-order valence-electron chi connectivity index (χ4n) is 3.40. The lowest BCUT2D eigenvalue weighted by Gasteiger charge is -2.20. The molecule has 1 aliphatic rings. The third kappa shape index (κ3) is 6.40. The van der Waals surface area contributed by atoms with Crippen LogP contribution in [0.1, 0.15) is 38.0 Å². The van der Waals surface area contributed by atoms with Gasteiger partial charge in [-0.3, -0.25) is 4.79 Å². The number of rotatable bonds is 8. The fraction of sp³-hybridized carbons (Fsp3) is 0.143. The Bertz CT molecular complexity index is 1300. The van der Waals surface area contributed by atoms with E-state index in [1.807, 2.05) is 0 Å². The normalized spacial score (nSPS) is 16.4. The minimum Gasteiger partial charge on any atom is -0.454 e. The van der Waals surface area contributed by atoms with E-state index in [0.29, 0.717) is 0 Å². The first-order chi connectivity index (χ1) is 17.9. The number of hydrogen-bond donors (Lipinski definition) is 0. The summed E-state index contributed by atoms with van der Waals surface area (Å²) in [7, 11) is 0. The topological polar surface area (TPSA) is 114 Å². The first-order valence-corrected chi connectivity index (χ1v) is 11.2. The molecule has 0 aliphatic carbocycles. The number of ether oxygens (including phenoxy) is 5. The molecule has 0 bridgehead atoms. The van der Waals surface area contributed by atoms with Crippen molar-refractivity contribution in [1.29, 1.82) is 0 Å². The Hall–Kier alpha value is -4.92. The number of carbonyl (C=O) groups is 4. The zero-order valence-electron chi connectivity index (χ0n) is 19.7. The highest BCUT2D eigenvalue weighted by Gasteiger charge is 2.45. The monoisotopic (exact) mass is 502 g/mol. The van der Waals surface area contributed by atoms with E-state index in [1.54, 1.807) is 66.7 Å². The van der Waals surface area contributed by atoms with Crippen molar-refractivity contribution in [3.8, 4) is 0 Å². The zero-order chi connectivity index (χ0) is 26.2. The van der Waals surface area contributed by atoms with Gasteiger partial charge < -0.3 is 23.7 Å². The van der Waals surface area contributed by atoms with Gasteiger partial charge in [0.1, 0.15) is 0 Å². The lowest BCUT2D eigenvalue weighted by molar-refractivity contribution is -0.179. The molecule has 0 saturated carbocycles. The number of hydrogen-bond acceptors (Lipinski definition) is 9. The predicted octanol–water partition coefficient (Wildman–Crippen LogP) is 4.06. The molecule has 1 unspecified atom stereocenters. The van der Waals surface area contributed by atoms with Crippen LogP contribution in [0.25, 0.3) is 0 Å². The lowest BCUT2D eigenvalue weighted by Crippen LogP contribution is -2.34. The molecule has 0 saturated heterocycles. The van der Waals surface area contributed by atoms with Crippen LogP contribution in [0, 0.1) is 0 Å². The Balaban J connectivity index is 1.64. The smallest absolute Gasteiger partial charge is 0.343 e. The molecule has 9 heteroatoms. The van der Waals surface area contributed by atoms with Gasteiger partial charge in [-0.15, -0.1) is 0 Å². The van der Waals surface area contributed by atoms with Gasteiger partial charge >= 0.3 is 23.9 Å². The van der Waals surface area contributed by atoms with Crippen LogP contribution in [-0.4, -0.2) is 42.9 Å². The molecular weight excluding hydrogens is 480 g/mol. The van der Waals surface area contributed by atoms with Crippen molar-refractivity contribution >= 4 is 23.9 Å². The van der Waals surface area contributed by atoms with E-state index >= 15 is 0 Å². The van der Waals surface area contributed by atoms with Crippen molar-refractivity contribution in [1.82, 2.24) is 0 Å². The summed E-state index contributed by atoms with van der Waals surface area (Å²) >= 11 is 0. The molecule has 0 aromatic heterocycles. The summed E-state index contributed by atoms with van der Waals surface area (Å²) in [6.07, 6.45) is -2.93. The second-order valence-corrected chi connectivity index (χ2v) is 7.77. The van der Waals surface area contributed by atoms with Crippen molar-refractivity contribution in [2.75, 3.05) is 6.61 Å². The highest BCUT2D eigenvalue weighted by Crippen LogP contribution is 2.32. The summed E-state index contributed by atoms with van der Waals surface area (Å²) in [6.45, 7) is 0.658. The predicted molar refractivity (Wildman–Crippen MR) is 128 cm³/mol. The van der Waals surface area contributed by atoms with Crippen LogP contribution in [0.4, 0.5) is 0 Å². The van der Waals surface area contributed by atoms with Gasteiger partial charge in [0.25, 0.3) is 6.29 Å². The summed E-state index contributed by atoms with van der Waals surface area (Å²) < 4.78 is 27.3. The van der Waals surface area contributed by atoms with Gasteiger partial charge in [0.2, 0.25) is 6.10 Å². The van der Waals surface area contributed by atoms with E-state index in [1.165, 1.54) is 24.3 Å². The van der Waals surface area contributed by atoms with Crippen molar-refractivity contribution < 1.29 is 42.9 Å². The summed E-state index contributed by atoms with van der Waals surface area (Å²) in [6, 6.07) is 24.4. The van der Waals surface area contributed by atoms with Crippen LogP contribution in [0.5, 0.6) is 0 Å².